The minimum absolute atomic E-state index is 0.358. The molecule has 0 spiro atoms. The number of para-hydroxylation sites is 1. The lowest BCUT2D eigenvalue weighted by atomic mass is 10.1. The summed E-state index contributed by atoms with van der Waals surface area (Å²) in [4.78, 5) is 9.45. The van der Waals surface area contributed by atoms with Gasteiger partial charge in [0.25, 0.3) is 0 Å². The van der Waals surface area contributed by atoms with Crippen LogP contribution in [-0.4, -0.2) is 23.1 Å². The van der Waals surface area contributed by atoms with E-state index in [1.165, 1.54) is 0 Å². The maximum absolute atomic E-state index is 5.21. The number of nitrogens with zero attached hydrogens (tertiary/aromatic N) is 2. The number of hydrogen-bond donors (Lipinski definition) is 1. The van der Waals surface area contributed by atoms with Crippen LogP contribution >= 0.6 is 0 Å². The lowest BCUT2D eigenvalue weighted by Crippen LogP contribution is -2.15. The Labute approximate surface area is 136 Å². The Morgan fingerprint density at radius 2 is 1.78 bits per heavy atom. The standard InChI is InChI=1S/C19H21N3O/c1-4-13(2)20-19-16-7-5-6-8-17(16)21-18(22-19)14-9-11-15(23-3)12-10-14/h5-13H,4H2,1-3H3,(H,20,21,22)/t13-/m1/s1. The van der Waals surface area contributed by atoms with E-state index in [9.17, 15) is 0 Å². The van der Waals surface area contributed by atoms with E-state index in [4.69, 9.17) is 14.7 Å². The second kappa shape index (κ2) is 6.65. The van der Waals surface area contributed by atoms with Crippen molar-refractivity contribution in [2.24, 2.45) is 0 Å². The maximum Gasteiger partial charge on any atom is 0.162 e. The van der Waals surface area contributed by atoms with E-state index in [0.29, 0.717) is 6.04 Å². The minimum Gasteiger partial charge on any atom is -0.497 e. The third-order valence-corrected chi connectivity index (χ3v) is 3.95. The van der Waals surface area contributed by atoms with Crippen LogP contribution in [-0.2, 0) is 0 Å². The smallest absolute Gasteiger partial charge is 0.162 e. The van der Waals surface area contributed by atoms with E-state index < -0.39 is 0 Å². The van der Waals surface area contributed by atoms with Crippen molar-refractivity contribution in [2.45, 2.75) is 26.3 Å². The van der Waals surface area contributed by atoms with Crippen molar-refractivity contribution in [3.63, 3.8) is 0 Å². The zero-order chi connectivity index (χ0) is 16.2. The molecule has 4 nitrogen and oxygen atoms in total. The predicted molar refractivity (Wildman–Crippen MR) is 94.9 cm³/mol. The molecule has 1 aromatic heterocycles. The Morgan fingerprint density at radius 1 is 1.04 bits per heavy atom. The van der Waals surface area contributed by atoms with E-state index in [1.54, 1.807) is 7.11 Å². The Balaban J connectivity index is 2.09. The van der Waals surface area contributed by atoms with Gasteiger partial charge in [0.1, 0.15) is 11.6 Å². The fourth-order valence-corrected chi connectivity index (χ4v) is 2.39. The van der Waals surface area contributed by atoms with Crippen LogP contribution in [0.5, 0.6) is 5.75 Å². The Hall–Kier alpha value is -2.62. The molecule has 23 heavy (non-hydrogen) atoms. The normalized spacial score (nSPS) is 12.1. The topological polar surface area (TPSA) is 47.0 Å². The third-order valence-electron chi connectivity index (χ3n) is 3.95. The summed E-state index contributed by atoms with van der Waals surface area (Å²) in [5, 5.41) is 4.54. The van der Waals surface area contributed by atoms with Crippen LogP contribution in [0.2, 0.25) is 0 Å². The van der Waals surface area contributed by atoms with Crippen molar-refractivity contribution in [3.05, 3.63) is 48.5 Å². The fourth-order valence-electron chi connectivity index (χ4n) is 2.39. The monoisotopic (exact) mass is 307 g/mol. The second-order valence-electron chi connectivity index (χ2n) is 5.60. The first-order valence-corrected chi connectivity index (χ1v) is 7.89. The van der Waals surface area contributed by atoms with E-state index >= 15 is 0 Å². The zero-order valence-corrected chi connectivity index (χ0v) is 13.7. The molecule has 0 saturated carbocycles. The van der Waals surface area contributed by atoms with Gasteiger partial charge in [-0.1, -0.05) is 19.1 Å². The molecular formula is C19H21N3O. The first-order chi connectivity index (χ1) is 11.2. The number of rotatable bonds is 5. The predicted octanol–water partition coefficient (Wildman–Crippen LogP) is 4.52. The summed E-state index contributed by atoms with van der Waals surface area (Å²) >= 11 is 0. The van der Waals surface area contributed by atoms with Crippen molar-refractivity contribution in [1.82, 2.24) is 9.97 Å². The van der Waals surface area contributed by atoms with Crippen LogP contribution in [0.25, 0.3) is 22.3 Å². The summed E-state index contributed by atoms with van der Waals surface area (Å²) in [5.41, 5.74) is 1.92. The SMILES string of the molecule is CC[C@@H](C)Nc1nc(-c2ccc(OC)cc2)nc2ccccc12. The van der Waals surface area contributed by atoms with Gasteiger partial charge < -0.3 is 10.1 Å². The van der Waals surface area contributed by atoms with Gasteiger partial charge in [-0.15, -0.1) is 0 Å². The van der Waals surface area contributed by atoms with Crippen molar-refractivity contribution in [2.75, 3.05) is 12.4 Å². The average molecular weight is 307 g/mol. The van der Waals surface area contributed by atoms with Crippen LogP contribution < -0.4 is 10.1 Å². The molecule has 3 rings (SSSR count). The summed E-state index contributed by atoms with van der Waals surface area (Å²) in [6.07, 6.45) is 1.04. The zero-order valence-electron chi connectivity index (χ0n) is 13.7. The lowest BCUT2D eigenvalue weighted by Gasteiger charge is -2.15. The molecule has 0 saturated heterocycles. The lowest BCUT2D eigenvalue weighted by molar-refractivity contribution is 0.415. The number of hydrogen-bond acceptors (Lipinski definition) is 4. The van der Waals surface area contributed by atoms with Gasteiger partial charge >= 0.3 is 0 Å². The van der Waals surface area contributed by atoms with Gasteiger partial charge in [0, 0.05) is 17.0 Å². The highest BCUT2D eigenvalue weighted by Crippen LogP contribution is 2.26. The summed E-state index contributed by atoms with van der Waals surface area (Å²) in [6.45, 7) is 4.31. The highest BCUT2D eigenvalue weighted by Gasteiger charge is 2.10. The number of aromatic nitrogens is 2. The van der Waals surface area contributed by atoms with Crippen LogP contribution in [0.15, 0.2) is 48.5 Å². The number of anilines is 1. The number of fused-ring (bicyclic) bond motifs is 1. The molecule has 1 N–H and O–H groups in total. The maximum atomic E-state index is 5.21. The van der Waals surface area contributed by atoms with Gasteiger partial charge in [0.15, 0.2) is 5.82 Å². The van der Waals surface area contributed by atoms with E-state index in [2.05, 4.69) is 25.2 Å². The van der Waals surface area contributed by atoms with E-state index in [1.807, 2.05) is 42.5 Å². The summed E-state index contributed by atoms with van der Waals surface area (Å²) < 4.78 is 5.21. The first kappa shape index (κ1) is 15.3. The number of methoxy groups -OCH3 is 1. The molecule has 1 heterocycles. The molecule has 0 fully saturated rings. The first-order valence-electron chi connectivity index (χ1n) is 7.89. The van der Waals surface area contributed by atoms with Crippen molar-refractivity contribution >= 4 is 16.7 Å². The largest absolute Gasteiger partial charge is 0.497 e. The summed E-state index contributed by atoms with van der Waals surface area (Å²) in [5.74, 6) is 2.43. The molecule has 1 atom stereocenters. The third kappa shape index (κ3) is 3.26. The molecule has 0 amide bonds. The van der Waals surface area contributed by atoms with Gasteiger partial charge in [-0.25, -0.2) is 9.97 Å². The van der Waals surface area contributed by atoms with Gasteiger partial charge in [-0.3, -0.25) is 0 Å². The number of nitrogens with one attached hydrogen (secondary N) is 1. The van der Waals surface area contributed by atoms with Gasteiger partial charge in [-0.05, 0) is 49.7 Å². The molecule has 0 aliphatic carbocycles. The highest BCUT2D eigenvalue weighted by molar-refractivity contribution is 5.90. The molecule has 0 unspecified atom stereocenters. The van der Waals surface area contributed by atoms with E-state index in [0.717, 1.165) is 40.3 Å². The van der Waals surface area contributed by atoms with Crippen LogP contribution in [0, 0.1) is 0 Å². The Morgan fingerprint density at radius 3 is 2.48 bits per heavy atom. The molecule has 0 aliphatic heterocycles. The van der Waals surface area contributed by atoms with Crippen molar-refractivity contribution < 1.29 is 4.74 Å². The minimum atomic E-state index is 0.358. The second-order valence-corrected chi connectivity index (χ2v) is 5.60. The van der Waals surface area contributed by atoms with Crippen LogP contribution in [0.1, 0.15) is 20.3 Å². The summed E-state index contributed by atoms with van der Waals surface area (Å²) in [6, 6.07) is 16.3. The number of benzene rings is 2. The Kier molecular flexibility index (Phi) is 4.42. The average Bonchev–Trinajstić information content (AvgIpc) is 2.61. The molecule has 118 valence electrons. The van der Waals surface area contributed by atoms with Crippen molar-refractivity contribution in [1.29, 1.82) is 0 Å². The molecule has 0 aliphatic rings. The van der Waals surface area contributed by atoms with E-state index in [-0.39, 0.29) is 0 Å². The molecule has 4 heteroatoms. The molecule has 2 aromatic carbocycles. The van der Waals surface area contributed by atoms with Crippen molar-refractivity contribution in [3.8, 4) is 17.1 Å². The molecule has 3 aromatic rings. The molecular weight excluding hydrogens is 286 g/mol. The molecule has 0 bridgehead atoms. The highest BCUT2D eigenvalue weighted by atomic mass is 16.5. The Bertz CT molecular complexity index is 799. The van der Waals surface area contributed by atoms with Crippen LogP contribution in [0.3, 0.4) is 0 Å². The summed E-state index contributed by atoms with van der Waals surface area (Å²) in [7, 11) is 1.66. The van der Waals surface area contributed by atoms with Gasteiger partial charge in [0.05, 0.1) is 12.6 Å². The fraction of sp³-hybridized carbons (Fsp3) is 0.263. The van der Waals surface area contributed by atoms with Crippen LogP contribution in [0.4, 0.5) is 5.82 Å². The molecule has 0 radical (unpaired) electrons. The number of ether oxygens (including phenoxy) is 1. The van der Waals surface area contributed by atoms with Gasteiger partial charge in [-0.2, -0.15) is 0 Å². The quantitative estimate of drug-likeness (QED) is 0.753. The van der Waals surface area contributed by atoms with Gasteiger partial charge in [0.2, 0.25) is 0 Å².